The molecule has 0 atom stereocenters. The fraction of sp³-hybridized carbons (Fsp3) is 0.190. The highest BCUT2D eigenvalue weighted by molar-refractivity contribution is 6.42. The second kappa shape index (κ2) is 7.56. The van der Waals surface area contributed by atoms with E-state index in [2.05, 4.69) is 0 Å². The first kappa shape index (κ1) is 18.6. The van der Waals surface area contributed by atoms with Crippen LogP contribution in [0.15, 0.2) is 47.7 Å². The van der Waals surface area contributed by atoms with E-state index in [0.29, 0.717) is 33.7 Å². The maximum absolute atomic E-state index is 12.6. The van der Waals surface area contributed by atoms with Gasteiger partial charge in [0.2, 0.25) is 5.78 Å². The predicted molar refractivity (Wildman–Crippen MR) is 106 cm³/mol. The van der Waals surface area contributed by atoms with E-state index in [-0.39, 0.29) is 11.5 Å². The molecule has 5 heteroatoms. The van der Waals surface area contributed by atoms with E-state index in [1.807, 2.05) is 26.8 Å². The minimum absolute atomic E-state index is 0.162. The van der Waals surface area contributed by atoms with Gasteiger partial charge in [0.25, 0.3) is 0 Å². The smallest absolute Gasteiger partial charge is 0.231 e. The van der Waals surface area contributed by atoms with E-state index in [1.165, 1.54) is 5.57 Å². The minimum atomic E-state index is -0.162. The Labute approximate surface area is 162 Å². The van der Waals surface area contributed by atoms with Crippen LogP contribution in [0, 0.1) is 6.92 Å². The van der Waals surface area contributed by atoms with Gasteiger partial charge in [0.1, 0.15) is 18.1 Å². The zero-order valence-electron chi connectivity index (χ0n) is 14.7. The number of allylic oxidation sites excluding steroid dienone is 2. The zero-order valence-corrected chi connectivity index (χ0v) is 16.2. The monoisotopic (exact) mass is 388 g/mol. The Hall–Kier alpha value is -2.23. The molecule has 0 saturated carbocycles. The third-order valence-corrected chi connectivity index (χ3v) is 4.75. The number of fused-ring (bicyclic) bond motifs is 1. The molecule has 0 unspecified atom stereocenters. The van der Waals surface area contributed by atoms with Crippen molar-refractivity contribution in [1.82, 2.24) is 0 Å². The predicted octanol–water partition coefficient (Wildman–Crippen LogP) is 6.26. The zero-order chi connectivity index (χ0) is 18.8. The summed E-state index contributed by atoms with van der Waals surface area (Å²) in [7, 11) is 0. The highest BCUT2D eigenvalue weighted by Gasteiger charge is 2.30. The number of carbonyl (C=O) groups is 1. The van der Waals surface area contributed by atoms with Gasteiger partial charge in [-0.25, -0.2) is 0 Å². The van der Waals surface area contributed by atoms with E-state index in [0.717, 1.165) is 11.1 Å². The molecule has 26 heavy (non-hydrogen) atoms. The standard InChI is InChI=1S/C21H18Cl2O3/c1-12(2)8-9-25-18-7-5-15-20(24)19(26-21(15)13(18)3)11-14-4-6-16(22)17(23)10-14/h4-8,10-11H,9H2,1-3H3/b19-11-. The van der Waals surface area contributed by atoms with Crippen LogP contribution in [0.1, 0.15) is 35.3 Å². The molecular formula is C21H18Cl2O3. The lowest BCUT2D eigenvalue weighted by molar-refractivity contribution is 0.101. The van der Waals surface area contributed by atoms with Gasteiger partial charge in [0, 0.05) is 5.56 Å². The molecule has 0 saturated heterocycles. The van der Waals surface area contributed by atoms with E-state index >= 15 is 0 Å². The highest BCUT2D eigenvalue weighted by Crippen LogP contribution is 2.39. The molecule has 134 valence electrons. The molecule has 3 nitrogen and oxygen atoms in total. The summed E-state index contributed by atoms with van der Waals surface area (Å²) in [4.78, 5) is 12.6. The summed E-state index contributed by atoms with van der Waals surface area (Å²) in [6, 6.07) is 8.69. The van der Waals surface area contributed by atoms with Crippen molar-refractivity contribution < 1.29 is 14.3 Å². The molecule has 1 heterocycles. The number of ether oxygens (including phenoxy) is 2. The topological polar surface area (TPSA) is 35.5 Å². The van der Waals surface area contributed by atoms with Crippen molar-refractivity contribution in [3.8, 4) is 11.5 Å². The van der Waals surface area contributed by atoms with Crippen LogP contribution >= 0.6 is 23.2 Å². The molecule has 0 bridgehead atoms. The number of ketones is 1. The third kappa shape index (κ3) is 3.79. The molecule has 0 aliphatic carbocycles. The van der Waals surface area contributed by atoms with Crippen LogP contribution in [0.4, 0.5) is 0 Å². The molecule has 3 rings (SSSR count). The molecule has 0 fully saturated rings. The van der Waals surface area contributed by atoms with E-state index in [1.54, 1.807) is 36.4 Å². The van der Waals surface area contributed by atoms with Crippen LogP contribution in [-0.2, 0) is 0 Å². The third-order valence-electron chi connectivity index (χ3n) is 4.01. The SMILES string of the molecule is CC(C)=CCOc1ccc2c(c1C)O/C(=C\c1ccc(Cl)c(Cl)c1)C2=O. The van der Waals surface area contributed by atoms with Crippen molar-refractivity contribution in [1.29, 1.82) is 0 Å². The van der Waals surface area contributed by atoms with Gasteiger partial charge in [-0.3, -0.25) is 4.79 Å². The Bertz CT molecular complexity index is 939. The molecule has 0 amide bonds. The van der Waals surface area contributed by atoms with Gasteiger partial charge in [-0.05, 0) is 62.8 Å². The van der Waals surface area contributed by atoms with Crippen molar-refractivity contribution in [2.75, 3.05) is 6.61 Å². The van der Waals surface area contributed by atoms with Gasteiger partial charge >= 0.3 is 0 Å². The van der Waals surface area contributed by atoms with Crippen molar-refractivity contribution >= 4 is 35.1 Å². The van der Waals surface area contributed by atoms with Crippen LogP contribution in [0.2, 0.25) is 10.0 Å². The Morgan fingerprint density at radius 3 is 2.62 bits per heavy atom. The van der Waals surface area contributed by atoms with Crippen molar-refractivity contribution in [2.24, 2.45) is 0 Å². The molecule has 2 aromatic carbocycles. The Kier molecular flexibility index (Phi) is 5.40. The van der Waals surface area contributed by atoms with Crippen LogP contribution < -0.4 is 9.47 Å². The van der Waals surface area contributed by atoms with E-state index in [4.69, 9.17) is 32.7 Å². The average Bonchev–Trinajstić information content (AvgIpc) is 2.90. The Balaban J connectivity index is 1.88. The molecule has 0 aromatic heterocycles. The molecule has 0 spiro atoms. The first-order valence-electron chi connectivity index (χ1n) is 8.16. The summed E-state index contributed by atoms with van der Waals surface area (Å²) in [5.41, 5.74) is 3.26. The molecule has 0 radical (unpaired) electrons. The first-order valence-corrected chi connectivity index (χ1v) is 8.91. The summed E-state index contributed by atoms with van der Waals surface area (Å²) in [5, 5.41) is 0.889. The quantitative estimate of drug-likeness (QED) is 0.457. The lowest BCUT2D eigenvalue weighted by atomic mass is 10.1. The van der Waals surface area contributed by atoms with Gasteiger partial charge in [-0.15, -0.1) is 0 Å². The van der Waals surface area contributed by atoms with Gasteiger partial charge in [-0.1, -0.05) is 34.8 Å². The second-order valence-corrected chi connectivity index (χ2v) is 7.09. The van der Waals surface area contributed by atoms with E-state index < -0.39 is 0 Å². The number of benzene rings is 2. The van der Waals surface area contributed by atoms with Crippen molar-refractivity contribution in [3.05, 3.63) is 74.5 Å². The second-order valence-electron chi connectivity index (χ2n) is 6.27. The highest BCUT2D eigenvalue weighted by atomic mass is 35.5. The van der Waals surface area contributed by atoms with Gasteiger partial charge in [0.05, 0.1) is 15.6 Å². The largest absolute Gasteiger partial charge is 0.489 e. The lowest BCUT2D eigenvalue weighted by Gasteiger charge is -2.10. The fourth-order valence-corrected chi connectivity index (χ4v) is 2.88. The first-order chi connectivity index (χ1) is 12.4. The minimum Gasteiger partial charge on any atom is -0.489 e. The van der Waals surface area contributed by atoms with Crippen molar-refractivity contribution in [3.63, 3.8) is 0 Å². The number of carbonyl (C=O) groups excluding carboxylic acids is 1. The summed E-state index contributed by atoms with van der Waals surface area (Å²) in [6.07, 6.45) is 3.65. The van der Waals surface area contributed by atoms with Crippen LogP contribution in [0.5, 0.6) is 11.5 Å². The molecule has 1 aliphatic rings. The normalized spacial score (nSPS) is 14.2. The average molecular weight is 389 g/mol. The van der Waals surface area contributed by atoms with E-state index in [9.17, 15) is 4.79 Å². The maximum Gasteiger partial charge on any atom is 0.231 e. The summed E-state index contributed by atoms with van der Waals surface area (Å²) in [6.45, 7) is 6.38. The molecular weight excluding hydrogens is 371 g/mol. The number of rotatable bonds is 4. The Morgan fingerprint density at radius 2 is 1.92 bits per heavy atom. The molecule has 0 N–H and O–H groups in total. The summed E-state index contributed by atoms with van der Waals surface area (Å²) >= 11 is 12.0. The maximum atomic E-state index is 12.6. The van der Waals surface area contributed by atoms with Crippen LogP contribution in [0.3, 0.4) is 0 Å². The number of halogens is 2. The number of Topliss-reactive ketones (excluding diaryl/α,β-unsaturated/α-hetero) is 1. The number of hydrogen-bond donors (Lipinski definition) is 0. The van der Waals surface area contributed by atoms with Crippen LogP contribution in [-0.4, -0.2) is 12.4 Å². The summed E-state index contributed by atoms with van der Waals surface area (Å²) < 4.78 is 11.6. The molecule has 2 aromatic rings. The lowest BCUT2D eigenvalue weighted by Crippen LogP contribution is -1.98. The van der Waals surface area contributed by atoms with Crippen LogP contribution in [0.25, 0.3) is 6.08 Å². The fourth-order valence-electron chi connectivity index (χ4n) is 2.58. The van der Waals surface area contributed by atoms with Crippen molar-refractivity contribution in [2.45, 2.75) is 20.8 Å². The molecule has 1 aliphatic heterocycles. The van der Waals surface area contributed by atoms with Gasteiger partial charge in [-0.2, -0.15) is 0 Å². The summed E-state index contributed by atoms with van der Waals surface area (Å²) in [5.74, 6) is 1.33. The van der Waals surface area contributed by atoms with Gasteiger partial charge in [0.15, 0.2) is 5.76 Å². The number of hydrogen-bond acceptors (Lipinski definition) is 3. The Morgan fingerprint density at radius 1 is 1.15 bits per heavy atom. The van der Waals surface area contributed by atoms with Gasteiger partial charge < -0.3 is 9.47 Å².